The molecule has 2 rings (SSSR count). The standard InChI is InChI=1S/C14H7BrClF3N2/c15-12-6-10(3-4-13(12)16)21-9-2-1-8(7-20)11(5-9)14(17,18)19/h1-6,21H. The van der Waals surface area contributed by atoms with Crippen molar-refractivity contribution >= 4 is 38.9 Å². The highest BCUT2D eigenvalue weighted by Crippen LogP contribution is 2.34. The van der Waals surface area contributed by atoms with E-state index in [2.05, 4.69) is 21.2 Å². The molecule has 0 saturated carbocycles. The molecule has 0 atom stereocenters. The maximum atomic E-state index is 12.9. The Morgan fingerprint density at radius 1 is 1.10 bits per heavy atom. The molecule has 2 aromatic rings. The molecule has 1 N–H and O–H groups in total. The highest BCUT2D eigenvalue weighted by atomic mass is 79.9. The van der Waals surface area contributed by atoms with Crippen LogP contribution >= 0.6 is 27.5 Å². The van der Waals surface area contributed by atoms with E-state index in [9.17, 15) is 13.2 Å². The summed E-state index contributed by atoms with van der Waals surface area (Å²) in [5, 5.41) is 12.1. The van der Waals surface area contributed by atoms with Gasteiger partial charge in [0.05, 0.1) is 22.2 Å². The highest BCUT2D eigenvalue weighted by Gasteiger charge is 2.33. The highest BCUT2D eigenvalue weighted by molar-refractivity contribution is 9.10. The maximum Gasteiger partial charge on any atom is 0.417 e. The van der Waals surface area contributed by atoms with E-state index in [-0.39, 0.29) is 5.69 Å². The van der Waals surface area contributed by atoms with Crippen LogP contribution in [0.15, 0.2) is 40.9 Å². The van der Waals surface area contributed by atoms with Crippen molar-refractivity contribution in [3.63, 3.8) is 0 Å². The Bertz CT molecular complexity index is 723. The van der Waals surface area contributed by atoms with Crippen LogP contribution in [-0.4, -0.2) is 0 Å². The Morgan fingerprint density at radius 2 is 1.71 bits per heavy atom. The van der Waals surface area contributed by atoms with E-state index in [0.717, 1.165) is 12.1 Å². The first kappa shape index (κ1) is 15.7. The normalized spacial score (nSPS) is 11.0. The van der Waals surface area contributed by atoms with Gasteiger partial charge >= 0.3 is 6.18 Å². The molecule has 0 aromatic heterocycles. The van der Waals surface area contributed by atoms with Crippen molar-refractivity contribution in [1.82, 2.24) is 0 Å². The van der Waals surface area contributed by atoms with E-state index in [4.69, 9.17) is 16.9 Å². The summed E-state index contributed by atoms with van der Waals surface area (Å²) in [4.78, 5) is 0. The zero-order chi connectivity index (χ0) is 15.6. The average Bonchev–Trinajstić information content (AvgIpc) is 2.42. The number of anilines is 2. The molecule has 0 aliphatic carbocycles. The molecule has 0 saturated heterocycles. The number of hydrogen-bond acceptors (Lipinski definition) is 2. The molecular formula is C14H7BrClF3N2. The zero-order valence-corrected chi connectivity index (χ0v) is 12.6. The van der Waals surface area contributed by atoms with Gasteiger partial charge in [0.2, 0.25) is 0 Å². The number of nitriles is 1. The van der Waals surface area contributed by atoms with Crippen LogP contribution in [0.1, 0.15) is 11.1 Å². The van der Waals surface area contributed by atoms with Crippen LogP contribution in [0.2, 0.25) is 5.02 Å². The fourth-order valence-corrected chi connectivity index (χ4v) is 2.19. The summed E-state index contributed by atoms with van der Waals surface area (Å²) in [6.07, 6.45) is -4.58. The van der Waals surface area contributed by atoms with Crippen molar-refractivity contribution in [3.05, 3.63) is 57.0 Å². The van der Waals surface area contributed by atoms with Gasteiger partial charge in [-0.15, -0.1) is 0 Å². The summed E-state index contributed by atoms with van der Waals surface area (Å²) in [5.74, 6) is 0. The van der Waals surface area contributed by atoms with Crippen molar-refractivity contribution in [1.29, 1.82) is 5.26 Å². The fraction of sp³-hybridized carbons (Fsp3) is 0.0714. The Labute approximate surface area is 132 Å². The lowest BCUT2D eigenvalue weighted by molar-refractivity contribution is -0.137. The van der Waals surface area contributed by atoms with E-state index in [1.165, 1.54) is 12.1 Å². The predicted octanol–water partition coefficient (Wildman–Crippen LogP) is 5.74. The molecular weight excluding hydrogens is 369 g/mol. The van der Waals surface area contributed by atoms with Gasteiger partial charge in [-0.05, 0) is 52.3 Å². The molecule has 2 nitrogen and oxygen atoms in total. The molecule has 2 aromatic carbocycles. The van der Waals surface area contributed by atoms with Crippen LogP contribution in [0.5, 0.6) is 0 Å². The number of rotatable bonds is 2. The summed E-state index contributed by atoms with van der Waals surface area (Å²) in [6, 6.07) is 9.89. The second-order valence-corrected chi connectivity index (χ2v) is 5.39. The fourth-order valence-electron chi connectivity index (χ4n) is 1.69. The van der Waals surface area contributed by atoms with Crippen LogP contribution in [-0.2, 0) is 6.18 Å². The minimum atomic E-state index is -4.58. The average molecular weight is 376 g/mol. The van der Waals surface area contributed by atoms with Crippen molar-refractivity contribution in [2.75, 3.05) is 5.32 Å². The molecule has 0 heterocycles. The van der Waals surface area contributed by atoms with Gasteiger partial charge in [0.25, 0.3) is 0 Å². The largest absolute Gasteiger partial charge is 0.417 e. The second kappa shape index (κ2) is 5.96. The van der Waals surface area contributed by atoms with Crippen molar-refractivity contribution < 1.29 is 13.2 Å². The van der Waals surface area contributed by atoms with E-state index >= 15 is 0 Å². The summed E-state index contributed by atoms with van der Waals surface area (Å²) in [5.41, 5.74) is -0.576. The number of nitrogens with zero attached hydrogens (tertiary/aromatic N) is 1. The number of nitrogens with one attached hydrogen (secondary N) is 1. The molecule has 0 aliphatic heterocycles. The van der Waals surface area contributed by atoms with Gasteiger partial charge in [0, 0.05) is 15.8 Å². The topological polar surface area (TPSA) is 35.8 Å². The quantitative estimate of drug-likeness (QED) is 0.727. The number of halogens is 5. The minimum absolute atomic E-state index is 0.232. The van der Waals surface area contributed by atoms with Gasteiger partial charge in [0.15, 0.2) is 0 Å². The van der Waals surface area contributed by atoms with Gasteiger partial charge in [0.1, 0.15) is 0 Å². The van der Waals surface area contributed by atoms with Crippen molar-refractivity contribution in [2.24, 2.45) is 0 Å². The van der Waals surface area contributed by atoms with E-state index in [1.54, 1.807) is 18.2 Å². The first-order valence-electron chi connectivity index (χ1n) is 5.64. The van der Waals surface area contributed by atoms with E-state index in [1.807, 2.05) is 0 Å². The smallest absolute Gasteiger partial charge is 0.355 e. The molecule has 0 aliphatic rings. The Kier molecular flexibility index (Phi) is 4.45. The van der Waals surface area contributed by atoms with Gasteiger partial charge in [-0.25, -0.2) is 0 Å². The molecule has 0 bridgehead atoms. The Morgan fingerprint density at radius 3 is 2.29 bits per heavy atom. The van der Waals surface area contributed by atoms with E-state index < -0.39 is 17.3 Å². The predicted molar refractivity (Wildman–Crippen MR) is 78.6 cm³/mol. The summed E-state index contributed by atoms with van der Waals surface area (Å²) in [7, 11) is 0. The maximum absolute atomic E-state index is 12.9. The second-order valence-electron chi connectivity index (χ2n) is 4.12. The summed E-state index contributed by atoms with van der Waals surface area (Å²) in [6.45, 7) is 0. The van der Waals surface area contributed by atoms with Crippen LogP contribution < -0.4 is 5.32 Å². The zero-order valence-electron chi connectivity index (χ0n) is 10.3. The molecule has 7 heteroatoms. The van der Waals surface area contributed by atoms with Crippen LogP contribution in [0.3, 0.4) is 0 Å². The molecule has 0 radical (unpaired) electrons. The third kappa shape index (κ3) is 3.69. The van der Waals surface area contributed by atoms with Crippen LogP contribution in [0.25, 0.3) is 0 Å². The van der Waals surface area contributed by atoms with Crippen LogP contribution in [0, 0.1) is 11.3 Å². The van der Waals surface area contributed by atoms with Crippen LogP contribution in [0.4, 0.5) is 24.5 Å². The Balaban J connectivity index is 2.37. The summed E-state index contributed by atoms with van der Waals surface area (Å²) < 4.78 is 39.2. The lowest BCUT2D eigenvalue weighted by atomic mass is 10.1. The lowest BCUT2D eigenvalue weighted by Crippen LogP contribution is -2.08. The molecule has 21 heavy (non-hydrogen) atoms. The van der Waals surface area contributed by atoms with Gasteiger partial charge < -0.3 is 5.32 Å². The number of benzene rings is 2. The molecule has 0 fully saturated rings. The SMILES string of the molecule is N#Cc1ccc(Nc2ccc(Cl)c(Br)c2)cc1C(F)(F)F. The first-order valence-corrected chi connectivity index (χ1v) is 6.82. The molecule has 0 unspecified atom stereocenters. The molecule has 0 amide bonds. The summed E-state index contributed by atoms with van der Waals surface area (Å²) >= 11 is 9.08. The van der Waals surface area contributed by atoms with Gasteiger partial charge in [-0.1, -0.05) is 11.6 Å². The van der Waals surface area contributed by atoms with Crippen molar-refractivity contribution in [3.8, 4) is 6.07 Å². The van der Waals surface area contributed by atoms with E-state index in [0.29, 0.717) is 15.2 Å². The third-order valence-corrected chi connectivity index (χ3v) is 3.87. The minimum Gasteiger partial charge on any atom is -0.355 e. The molecule has 0 spiro atoms. The Hall–Kier alpha value is -1.71. The molecule has 108 valence electrons. The first-order chi connectivity index (χ1) is 9.81. The lowest BCUT2D eigenvalue weighted by Gasteiger charge is -2.12. The number of alkyl halides is 3. The number of hydrogen-bond donors (Lipinski definition) is 1. The monoisotopic (exact) mass is 374 g/mol. The van der Waals surface area contributed by atoms with Gasteiger partial charge in [-0.2, -0.15) is 18.4 Å². The van der Waals surface area contributed by atoms with Crippen molar-refractivity contribution in [2.45, 2.75) is 6.18 Å². The third-order valence-electron chi connectivity index (χ3n) is 2.65. The van der Waals surface area contributed by atoms with Gasteiger partial charge in [-0.3, -0.25) is 0 Å².